The van der Waals surface area contributed by atoms with Crippen LogP contribution in [0.4, 0.5) is 5.69 Å². The number of hydrogen-bond donors (Lipinski definition) is 2. The van der Waals surface area contributed by atoms with Gasteiger partial charge in [0, 0.05) is 50.9 Å². The zero-order valence-corrected chi connectivity index (χ0v) is 29.3. The number of aromatic nitrogens is 4. The number of fused-ring (bicyclic) bond motifs is 4. The molecule has 0 radical (unpaired) electrons. The Hall–Kier alpha value is -4.86. The van der Waals surface area contributed by atoms with Crippen LogP contribution in [0.25, 0.3) is 32.9 Å². The third kappa shape index (κ3) is 5.51. The fourth-order valence-electron chi connectivity index (χ4n) is 7.24. The van der Waals surface area contributed by atoms with E-state index < -0.39 is 5.97 Å². The topological polar surface area (TPSA) is 113 Å². The van der Waals surface area contributed by atoms with Gasteiger partial charge in [-0.3, -0.25) is 4.79 Å². The quantitative estimate of drug-likeness (QED) is 0.154. The number of halogens is 2. The molecule has 3 aromatic heterocycles. The molecule has 9 nitrogen and oxygen atoms in total. The summed E-state index contributed by atoms with van der Waals surface area (Å²) in [6, 6.07) is 14.7. The van der Waals surface area contributed by atoms with Crippen molar-refractivity contribution in [1.29, 1.82) is 0 Å². The first-order valence-corrected chi connectivity index (χ1v) is 16.9. The van der Waals surface area contributed by atoms with Crippen LogP contribution < -0.4 is 9.64 Å². The molecule has 0 saturated carbocycles. The van der Waals surface area contributed by atoms with Gasteiger partial charge in [-0.15, -0.1) is 0 Å². The average Bonchev–Trinajstić information content (AvgIpc) is 3.65. The maximum absolute atomic E-state index is 14.8. The van der Waals surface area contributed by atoms with E-state index in [-0.39, 0.29) is 17.6 Å². The number of aromatic carboxylic acids is 1. The lowest BCUT2D eigenvalue weighted by atomic mass is 9.97. The third-order valence-corrected chi connectivity index (χ3v) is 10.3. The summed E-state index contributed by atoms with van der Waals surface area (Å²) in [5.41, 5.74) is 8.79. The monoisotopic (exact) mass is 695 g/mol. The largest absolute Gasteiger partial charge is 0.494 e. The first kappa shape index (κ1) is 32.7. The molecule has 0 spiro atoms. The second-order valence-corrected chi connectivity index (χ2v) is 13.5. The molecule has 7 rings (SSSR count). The highest BCUT2D eigenvalue weighted by molar-refractivity contribution is 6.35. The fourth-order valence-corrected chi connectivity index (χ4v) is 7.59. The van der Waals surface area contributed by atoms with Crippen LogP contribution in [0.15, 0.2) is 54.9 Å². The summed E-state index contributed by atoms with van der Waals surface area (Å²) in [6.07, 6.45) is 2.76. The highest BCUT2D eigenvalue weighted by atomic mass is 35.5. The SMILES string of the molecule is Cc1cc(OCCCc2c3n(c4c(-c5c(C)ncnc5C)c(Cl)ccc24)[C@H](C)CN(c2cccc4cc(C(=O)O)[nH]c24)C3=O)cc(C)c1Cl. The van der Waals surface area contributed by atoms with Gasteiger partial charge < -0.3 is 24.3 Å². The number of carboxylic acids is 1. The highest BCUT2D eigenvalue weighted by Crippen LogP contribution is 2.45. The fraction of sp³-hybridized carbons (Fsp3) is 0.263. The number of amides is 1. The molecule has 250 valence electrons. The maximum Gasteiger partial charge on any atom is 0.352 e. The average molecular weight is 697 g/mol. The number of anilines is 1. The number of nitrogens with zero attached hydrogens (tertiary/aromatic N) is 4. The Morgan fingerprint density at radius 3 is 2.43 bits per heavy atom. The Balaban J connectivity index is 1.37. The zero-order chi connectivity index (χ0) is 34.7. The predicted molar refractivity (Wildman–Crippen MR) is 194 cm³/mol. The van der Waals surface area contributed by atoms with Crippen LogP contribution in [0, 0.1) is 27.7 Å². The first-order chi connectivity index (χ1) is 23.5. The predicted octanol–water partition coefficient (Wildman–Crippen LogP) is 9.05. The number of rotatable bonds is 8. The second-order valence-electron chi connectivity index (χ2n) is 12.8. The van der Waals surface area contributed by atoms with Crippen molar-refractivity contribution < 1.29 is 19.4 Å². The van der Waals surface area contributed by atoms with Gasteiger partial charge in [0.2, 0.25) is 0 Å². The van der Waals surface area contributed by atoms with Crippen LogP contribution in [0.5, 0.6) is 5.75 Å². The standard InChI is InChI=1S/C38H35Cl2N5O4/c1-19-14-25(15-20(2)33(19)40)49-13-7-9-26-27-11-12-28(39)32(31-22(4)41-18-42-23(31)5)35(27)45-21(3)17-44(37(46)36(26)45)30-10-6-8-24-16-29(38(47)48)43-34(24)30/h6,8,10-12,14-16,18,21,43H,7,9,13,17H2,1-5H3,(H,47,48)/t21-/m1/s1. The van der Waals surface area contributed by atoms with Crippen molar-refractivity contribution in [2.24, 2.45) is 0 Å². The second kappa shape index (κ2) is 12.5. The lowest BCUT2D eigenvalue weighted by Crippen LogP contribution is -2.42. The minimum absolute atomic E-state index is 0.0657. The maximum atomic E-state index is 14.8. The number of ether oxygens (including phenoxy) is 1. The van der Waals surface area contributed by atoms with E-state index >= 15 is 0 Å². The summed E-state index contributed by atoms with van der Waals surface area (Å²) in [5.74, 6) is -0.482. The van der Waals surface area contributed by atoms with Crippen LogP contribution in [-0.4, -0.2) is 49.7 Å². The van der Waals surface area contributed by atoms with Gasteiger partial charge in [-0.2, -0.15) is 0 Å². The molecule has 0 bridgehead atoms. The smallest absolute Gasteiger partial charge is 0.352 e. The lowest BCUT2D eigenvalue weighted by molar-refractivity contribution is 0.0691. The molecule has 4 heterocycles. The number of H-pyrrole nitrogens is 1. The normalized spacial score (nSPS) is 14.6. The van der Waals surface area contributed by atoms with Gasteiger partial charge in [-0.05, 0) is 94.5 Å². The first-order valence-electron chi connectivity index (χ1n) is 16.2. The molecule has 1 aliphatic rings. The lowest BCUT2D eigenvalue weighted by Gasteiger charge is -2.34. The Labute approximate surface area is 293 Å². The number of benzene rings is 3. The molecule has 0 unspecified atom stereocenters. The van der Waals surface area contributed by atoms with Crippen molar-refractivity contribution in [3.8, 4) is 16.9 Å². The van der Waals surface area contributed by atoms with Gasteiger partial charge in [0.25, 0.3) is 5.91 Å². The summed E-state index contributed by atoms with van der Waals surface area (Å²) in [4.78, 5) is 40.4. The summed E-state index contributed by atoms with van der Waals surface area (Å²) >= 11 is 13.4. The van der Waals surface area contributed by atoms with Crippen molar-refractivity contribution in [2.45, 2.75) is 53.5 Å². The molecule has 3 aromatic carbocycles. The molecule has 0 saturated heterocycles. The summed E-state index contributed by atoms with van der Waals surface area (Å²) in [7, 11) is 0. The number of carbonyl (C=O) groups is 2. The number of nitrogens with one attached hydrogen (secondary N) is 1. The zero-order valence-electron chi connectivity index (χ0n) is 27.8. The number of para-hydroxylation sites is 1. The van der Waals surface area contributed by atoms with Crippen LogP contribution in [0.1, 0.15) is 68.4 Å². The van der Waals surface area contributed by atoms with E-state index in [1.54, 1.807) is 17.3 Å². The minimum atomic E-state index is -1.06. The number of aryl methyl sites for hydroxylation is 5. The molecule has 1 aliphatic heterocycles. The Morgan fingerprint density at radius 1 is 1.02 bits per heavy atom. The Bertz CT molecular complexity index is 2280. The van der Waals surface area contributed by atoms with E-state index in [4.69, 9.17) is 27.9 Å². The molecule has 0 fully saturated rings. The number of carboxylic acid groups (broad SMARTS) is 1. The molecule has 1 amide bonds. The van der Waals surface area contributed by atoms with Crippen LogP contribution >= 0.6 is 23.2 Å². The van der Waals surface area contributed by atoms with Crippen molar-refractivity contribution in [3.63, 3.8) is 0 Å². The van der Waals surface area contributed by atoms with Gasteiger partial charge in [0.15, 0.2) is 0 Å². The molecule has 1 atom stereocenters. The Morgan fingerprint density at radius 2 is 1.73 bits per heavy atom. The van der Waals surface area contributed by atoms with Crippen LogP contribution in [0.3, 0.4) is 0 Å². The van der Waals surface area contributed by atoms with E-state index in [2.05, 4.69) is 26.4 Å². The number of hydrogen-bond acceptors (Lipinski definition) is 5. The van der Waals surface area contributed by atoms with Gasteiger partial charge in [-0.25, -0.2) is 14.8 Å². The van der Waals surface area contributed by atoms with Gasteiger partial charge in [0.1, 0.15) is 23.5 Å². The van der Waals surface area contributed by atoms with Crippen LogP contribution in [0.2, 0.25) is 10.0 Å². The van der Waals surface area contributed by atoms with Gasteiger partial charge >= 0.3 is 5.97 Å². The molecule has 0 aliphatic carbocycles. The van der Waals surface area contributed by atoms with E-state index in [0.717, 1.165) is 66.3 Å². The third-order valence-electron chi connectivity index (χ3n) is 9.44. The molecule has 6 aromatic rings. The number of aromatic amines is 1. The van der Waals surface area contributed by atoms with E-state index in [9.17, 15) is 14.7 Å². The van der Waals surface area contributed by atoms with Gasteiger partial charge in [0.05, 0.1) is 28.4 Å². The molecular formula is C38H35Cl2N5O4. The minimum Gasteiger partial charge on any atom is -0.494 e. The summed E-state index contributed by atoms with van der Waals surface area (Å²) in [5, 5.41) is 12.6. The Kier molecular flexibility index (Phi) is 8.37. The van der Waals surface area contributed by atoms with Crippen molar-refractivity contribution in [3.05, 3.63) is 104 Å². The summed E-state index contributed by atoms with van der Waals surface area (Å²) in [6.45, 7) is 10.7. The summed E-state index contributed by atoms with van der Waals surface area (Å²) < 4.78 is 8.30. The molecule has 11 heteroatoms. The van der Waals surface area contributed by atoms with Crippen molar-refractivity contribution >= 4 is 62.6 Å². The number of carbonyl (C=O) groups excluding carboxylic acids is 1. The van der Waals surface area contributed by atoms with Crippen molar-refractivity contribution in [2.75, 3.05) is 18.1 Å². The van der Waals surface area contributed by atoms with E-state index in [0.29, 0.717) is 47.9 Å². The molecule has 2 N–H and O–H groups in total. The van der Waals surface area contributed by atoms with Crippen molar-refractivity contribution in [1.82, 2.24) is 19.5 Å². The van der Waals surface area contributed by atoms with Crippen LogP contribution in [-0.2, 0) is 6.42 Å². The van der Waals surface area contributed by atoms with Gasteiger partial charge in [-0.1, -0.05) is 41.4 Å². The molecular weight excluding hydrogens is 661 g/mol. The van der Waals surface area contributed by atoms with E-state index in [1.807, 2.05) is 70.2 Å². The van der Waals surface area contributed by atoms with E-state index in [1.165, 1.54) is 0 Å². The highest BCUT2D eigenvalue weighted by Gasteiger charge is 2.37. The molecule has 49 heavy (non-hydrogen) atoms.